The van der Waals surface area contributed by atoms with E-state index in [1.165, 1.54) is 0 Å². The van der Waals surface area contributed by atoms with Crippen LogP contribution in [0.3, 0.4) is 0 Å². The molecule has 7 heteroatoms. The van der Waals surface area contributed by atoms with Crippen LogP contribution in [0.5, 0.6) is 0 Å². The minimum atomic E-state index is 0.676. The quantitative estimate of drug-likeness (QED) is 0.665. The molecule has 0 unspecified atom stereocenters. The van der Waals surface area contributed by atoms with Crippen molar-refractivity contribution in [3.8, 4) is 11.4 Å². The molecule has 3 heterocycles. The molecule has 2 aromatic heterocycles. The number of aromatic nitrogens is 4. The van der Waals surface area contributed by atoms with Crippen LogP contribution in [0.25, 0.3) is 11.4 Å². The Bertz CT molecular complexity index is 846. The van der Waals surface area contributed by atoms with Gasteiger partial charge in [-0.3, -0.25) is 0 Å². The van der Waals surface area contributed by atoms with Crippen LogP contribution in [0.2, 0.25) is 5.02 Å². The number of imidazole rings is 1. The van der Waals surface area contributed by atoms with Crippen molar-refractivity contribution in [1.29, 1.82) is 0 Å². The zero-order valence-corrected chi connectivity index (χ0v) is 13.8. The molecule has 122 valence electrons. The lowest BCUT2D eigenvalue weighted by Gasteiger charge is -2.12. The summed E-state index contributed by atoms with van der Waals surface area (Å²) in [6.45, 7) is 1.67. The van der Waals surface area contributed by atoms with Gasteiger partial charge in [-0.15, -0.1) is 0 Å². The van der Waals surface area contributed by atoms with Crippen molar-refractivity contribution in [2.24, 2.45) is 0 Å². The molecule has 4 rings (SSSR count). The van der Waals surface area contributed by atoms with E-state index >= 15 is 0 Å². The molecule has 3 N–H and O–H groups in total. The van der Waals surface area contributed by atoms with E-state index in [-0.39, 0.29) is 0 Å². The standard InChI is InChI=1S/C17H17ClN6/c18-12-3-1-2-11(8-12)15-23-16(14-5-7-21-17(14)24-15)20-6-4-13-9-19-10-22-13/h1-3,8-10H,4-7H2,(H,19,22)(H2,20,21,23,24). The molecular formula is C17H17ClN6. The highest BCUT2D eigenvalue weighted by Gasteiger charge is 2.19. The van der Waals surface area contributed by atoms with Gasteiger partial charge in [0, 0.05) is 47.6 Å². The van der Waals surface area contributed by atoms with Crippen LogP contribution in [-0.4, -0.2) is 33.0 Å². The van der Waals surface area contributed by atoms with E-state index in [9.17, 15) is 0 Å². The zero-order chi connectivity index (χ0) is 16.4. The monoisotopic (exact) mass is 340 g/mol. The molecule has 1 aliphatic heterocycles. The van der Waals surface area contributed by atoms with E-state index in [0.29, 0.717) is 10.8 Å². The maximum atomic E-state index is 6.10. The number of anilines is 2. The first-order valence-corrected chi connectivity index (χ1v) is 8.29. The first kappa shape index (κ1) is 15.0. The number of halogens is 1. The van der Waals surface area contributed by atoms with E-state index in [1.807, 2.05) is 30.5 Å². The number of fused-ring (bicyclic) bond motifs is 1. The maximum Gasteiger partial charge on any atom is 0.163 e. The zero-order valence-electron chi connectivity index (χ0n) is 13.0. The first-order valence-electron chi connectivity index (χ1n) is 7.91. The summed E-state index contributed by atoms with van der Waals surface area (Å²) in [6.07, 6.45) is 5.32. The second kappa shape index (κ2) is 6.49. The molecule has 6 nitrogen and oxygen atoms in total. The van der Waals surface area contributed by atoms with Crippen LogP contribution < -0.4 is 10.6 Å². The lowest BCUT2D eigenvalue weighted by Crippen LogP contribution is -2.10. The summed E-state index contributed by atoms with van der Waals surface area (Å²) in [6, 6.07) is 7.61. The van der Waals surface area contributed by atoms with Crippen molar-refractivity contribution in [2.75, 3.05) is 23.7 Å². The smallest absolute Gasteiger partial charge is 0.163 e. The summed E-state index contributed by atoms with van der Waals surface area (Å²) in [5.74, 6) is 2.47. The highest BCUT2D eigenvalue weighted by molar-refractivity contribution is 6.30. The summed E-state index contributed by atoms with van der Waals surface area (Å²) >= 11 is 6.10. The van der Waals surface area contributed by atoms with Gasteiger partial charge < -0.3 is 15.6 Å². The molecule has 0 aliphatic carbocycles. The highest BCUT2D eigenvalue weighted by Crippen LogP contribution is 2.30. The molecule has 0 atom stereocenters. The molecular weight excluding hydrogens is 324 g/mol. The molecule has 0 saturated carbocycles. The third-order valence-electron chi connectivity index (χ3n) is 4.00. The Morgan fingerprint density at radius 3 is 3.04 bits per heavy atom. The van der Waals surface area contributed by atoms with Gasteiger partial charge >= 0.3 is 0 Å². The van der Waals surface area contributed by atoms with Gasteiger partial charge in [0.05, 0.1) is 6.33 Å². The molecule has 0 bridgehead atoms. The molecule has 1 aromatic carbocycles. The van der Waals surface area contributed by atoms with Gasteiger partial charge in [0.25, 0.3) is 0 Å². The number of nitrogens with one attached hydrogen (secondary N) is 3. The van der Waals surface area contributed by atoms with E-state index in [1.54, 1.807) is 6.33 Å². The average molecular weight is 341 g/mol. The Labute approximate surface area is 144 Å². The molecule has 24 heavy (non-hydrogen) atoms. The second-order valence-electron chi connectivity index (χ2n) is 5.66. The fraction of sp³-hybridized carbons (Fsp3) is 0.235. The van der Waals surface area contributed by atoms with Crippen molar-refractivity contribution in [3.05, 3.63) is 53.1 Å². The molecule has 0 spiro atoms. The fourth-order valence-corrected chi connectivity index (χ4v) is 3.00. The number of hydrogen-bond donors (Lipinski definition) is 3. The topological polar surface area (TPSA) is 78.5 Å². The van der Waals surface area contributed by atoms with Gasteiger partial charge in [-0.25, -0.2) is 15.0 Å². The minimum absolute atomic E-state index is 0.676. The Morgan fingerprint density at radius 2 is 2.21 bits per heavy atom. The van der Waals surface area contributed by atoms with Crippen molar-refractivity contribution >= 4 is 23.2 Å². The van der Waals surface area contributed by atoms with Crippen LogP contribution in [-0.2, 0) is 12.8 Å². The lowest BCUT2D eigenvalue weighted by atomic mass is 10.2. The summed E-state index contributed by atoms with van der Waals surface area (Å²) in [5.41, 5.74) is 3.15. The first-order chi connectivity index (χ1) is 11.8. The second-order valence-corrected chi connectivity index (χ2v) is 6.10. The third-order valence-corrected chi connectivity index (χ3v) is 4.23. The number of H-pyrrole nitrogens is 1. The minimum Gasteiger partial charge on any atom is -0.369 e. The van der Waals surface area contributed by atoms with Crippen LogP contribution in [0.15, 0.2) is 36.8 Å². The fourth-order valence-electron chi connectivity index (χ4n) is 2.81. The SMILES string of the molecule is Clc1cccc(-c2nc(NCCc3cnc[nH]3)c3c(n2)NCC3)c1. The Balaban J connectivity index is 1.60. The predicted molar refractivity (Wildman–Crippen MR) is 95.5 cm³/mol. The van der Waals surface area contributed by atoms with Gasteiger partial charge in [0.15, 0.2) is 5.82 Å². The number of benzene rings is 1. The van der Waals surface area contributed by atoms with Crippen molar-refractivity contribution in [2.45, 2.75) is 12.8 Å². The van der Waals surface area contributed by atoms with Gasteiger partial charge in [-0.1, -0.05) is 23.7 Å². The van der Waals surface area contributed by atoms with E-state index in [2.05, 4.69) is 25.6 Å². The van der Waals surface area contributed by atoms with Gasteiger partial charge in [-0.2, -0.15) is 0 Å². The Morgan fingerprint density at radius 1 is 1.25 bits per heavy atom. The van der Waals surface area contributed by atoms with E-state index in [4.69, 9.17) is 16.6 Å². The molecule has 0 radical (unpaired) electrons. The molecule has 3 aromatic rings. The van der Waals surface area contributed by atoms with Crippen LogP contribution in [0.1, 0.15) is 11.3 Å². The molecule has 0 fully saturated rings. The van der Waals surface area contributed by atoms with Gasteiger partial charge in [-0.05, 0) is 18.6 Å². The van der Waals surface area contributed by atoms with Crippen LogP contribution in [0, 0.1) is 0 Å². The maximum absolute atomic E-state index is 6.10. The van der Waals surface area contributed by atoms with E-state index < -0.39 is 0 Å². The molecule has 0 amide bonds. The van der Waals surface area contributed by atoms with Crippen LogP contribution >= 0.6 is 11.6 Å². The summed E-state index contributed by atoms with van der Waals surface area (Å²) in [4.78, 5) is 16.5. The molecule has 1 aliphatic rings. The number of hydrogen-bond acceptors (Lipinski definition) is 5. The normalized spacial score (nSPS) is 12.7. The van der Waals surface area contributed by atoms with Gasteiger partial charge in [0.1, 0.15) is 11.6 Å². The lowest BCUT2D eigenvalue weighted by molar-refractivity contribution is 0.958. The average Bonchev–Trinajstić information content (AvgIpc) is 3.26. The summed E-state index contributed by atoms with van der Waals surface area (Å²) < 4.78 is 0. The largest absolute Gasteiger partial charge is 0.369 e. The summed E-state index contributed by atoms with van der Waals surface area (Å²) in [7, 11) is 0. The number of nitrogens with zero attached hydrogens (tertiary/aromatic N) is 3. The van der Waals surface area contributed by atoms with Crippen molar-refractivity contribution in [1.82, 2.24) is 19.9 Å². The van der Waals surface area contributed by atoms with Crippen molar-refractivity contribution in [3.63, 3.8) is 0 Å². The van der Waals surface area contributed by atoms with Crippen LogP contribution in [0.4, 0.5) is 11.6 Å². The Hall–Kier alpha value is -2.60. The van der Waals surface area contributed by atoms with Crippen molar-refractivity contribution < 1.29 is 0 Å². The Kier molecular flexibility index (Phi) is 4.04. The number of rotatable bonds is 5. The third kappa shape index (κ3) is 3.05. The van der Waals surface area contributed by atoms with E-state index in [0.717, 1.165) is 54.4 Å². The molecule has 0 saturated heterocycles. The highest BCUT2D eigenvalue weighted by atomic mass is 35.5. The summed E-state index contributed by atoms with van der Waals surface area (Å²) in [5, 5.41) is 7.44. The van der Waals surface area contributed by atoms with Gasteiger partial charge in [0.2, 0.25) is 0 Å². The predicted octanol–water partition coefficient (Wildman–Crippen LogP) is 3.14. The number of aromatic amines is 1.